The van der Waals surface area contributed by atoms with E-state index < -0.39 is 28.6 Å². The molecule has 0 amide bonds. The summed E-state index contributed by atoms with van der Waals surface area (Å²) in [6.07, 6.45) is 10.5. The number of nitriles is 3. The molecular weight excluding hydrogens is 424 g/mol. The van der Waals surface area contributed by atoms with Crippen LogP contribution in [0, 0.1) is 56.2 Å². The van der Waals surface area contributed by atoms with Crippen LogP contribution in [0.4, 0.5) is 0 Å². The van der Waals surface area contributed by atoms with Gasteiger partial charge in [0.05, 0.1) is 30.2 Å². The van der Waals surface area contributed by atoms with Crippen molar-refractivity contribution in [1.29, 1.82) is 21.2 Å². The summed E-state index contributed by atoms with van der Waals surface area (Å²) >= 11 is 0. The van der Waals surface area contributed by atoms with E-state index in [1.165, 1.54) is 38.5 Å². The molecule has 2 fully saturated rings. The summed E-state index contributed by atoms with van der Waals surface area (Å²) in [7, 11) is 0. The van der Waals surface area contributed by atoms with Crippen molar-refractivity contribution < 1.29 is 9.47 Å². The lowest BCUT2D eigenvalue weighted by molar-refractivity contribution is -0.270. The van der Waals surface area contributed by atoms with Crippen molar-refractivity contribution in [3.8, 4) is 18.2 Å². The van der Waals surface area contributed by atoms with E-state index in [2.05, 4.69) is 25.1 Å². The van der Waals surface area contributed by atoms with Crippen LogP contribution in [0.15, 0.2) is 30.3 Å². The number of fused-ring (bicyclic) bond motifs is 2. The van der Waals surface area contributed by atoms with Gasteiger partial charge in [-0.25, -0.2) is 0 Å². The number of nitrogens with one attached hydrogen (secondary N) is 1. The molecule has 3 rings (SSSR count). The fraction of sp³-hybridized carbons (Fsp3) is 0.643. The number of ether oxygens (including phenoxy) is 2. The number of benzene rings is 1. The Hall–Kier alpha value is -2.88. The summed E-state index contributed by atoms with van der Waals surface area (Å²) in [5.74, 6) is -2.20. The van der Waals surface area contributed by atoms with Crippen molar-refractivity contribution >= 4 is 5.90 Å². The molecule has 180 valence electrons. The van der Waals surface area contributed by atoms with Crippen molar-refractivity contribution in [3.63, 3.8) is 0 Å². The molecule has 6 nitrogen and oxygen atoms in total. The quantitative estimate of drug-likeness (QED) is 0.361. The van der Waals surface area contributed by atoms with Gasteiger partial charge in [-0.05, 0) is 18.4 Å². The first kappa shape index (κ1) is 25.7. The molecule has 1 N–H and O–H groups in total. The van der Waals surface area contributed by atoms with Gasteiger partial charge < -0.3 is 9.47 Å². The van der Waals surface area contributed by atoms with E-state index in [0.717, 1.165) is 24.8 Å². The van der Waals surface area contributed by atoms with Crippen molar-refractivity contribution in [2.24, 2.45) is 16.7 Å². The topological polar surface area (TPSA) is 114 Å². The fourth-order valence-corrected chi connectivity index (χ4v) is 5.76. The lowest BCUT2D eigenvalue weighted by Gasteiger charge is -2.48. The largest absolute Gasteiger partial charge is 0.448 e. The highest BCUT2D eigenvalue weighted by molar-refractivity contribution is 5.89. The summed E-state index contributed by atoms with van der Waals surface area (Å²) in [6.45, 7) is 3.96. The van der Waals surface area contributed by atoms with E-state index >= 15 is 0 Å². The van der Waals surface area contributed by atoms with Gasteiger partial charge >= 0.3 is 0 Å². The summed E-state index contributed by atoms with van der Waals surface area (Å²) in [4.78, 5) is 0. The minimum Gasteiger partial charge on any atom is -0.448 e. The van der Waals surface area contributed by atoms with Gasteiger partial charge in [0, 0.05) is 6.92 Å². The van der Waals surface area contributed by atoms with Crippen molar-refractivity contribution in [3.05, 3.63) is 35.9 Å². The summed E-state index contributed by atoms with van der Waals surface area (Å²) in [5, 5.41) is 39.6. The molecule has 2 aliphatic heterocycles. The number of nitrogens with zero attached hydrogens (tertiary/aromatic N) is 3. The predicted molar refractivity (Wildman–Crippen MR) is 129 cm³/mol. The smallest absolute Gasteiger partial charge is 0.214 e. The van der Waals surface area contributed by atoms with Crippen molar-refractivity contribution in [1.82, 2.24) is 0 Å². The highest BCUT2D eigenvalue weighted by atomic mass is 16.7. The third-order valence-corrected chi connectivity index (χ3v) is 7.68. The van der Waals surface area contributed by atoms with E-state index in [-0.39, 0.29) is 5.90 Å². The molecule has 0 saturated carbocycles. The molecule has 34 heavy (non-hydrogen) atoms. The highest BCUT2D eigenvalue weighted by Crippen LogP contribution is 2.63. The molecule has 6 heteroatoms. The standard InChI is InChI=1S/C28H36N4O2/c1-3-4-5-6-7-8-9-10-14-17-24-27(19-29,20-30)28(21-31)23(18-22-15-12-11-13-16-22)26(2,33-24)34-25(28)32/h11-13,15-16,23-24,32H,3-10,14,17-18H2,1-2H3. The number of unbranched alkanes of at least 4 members (excludes halogenated alkanes) is 8. The first-order chi connectivity index (χ1) is 16.4. The third-order valence-electron chi connectivity index (χ3n) is 7.68. The maximum Gasteiger partial charge on any atom is 0.214 e. The maximum absolute atomic E-state index is 10.4. The third kappa shape index (κ3) is 4.43. The summed E-state index contributed by atoms with van der Waals surface area (Å²) in [5.41, 5.74) is -2.53. The van der Waals surface area contributed by atoms with E-state index in [1.54, 1.807) is 6.92 Å². The van der Waals surface area contributed by atoms with Crippen LogP contribution < -0.4 is 0 Å². The molecule has 2 saturated heterocycles. The molecule has 2 bridgehead atoms. The number of hydrogen-bond donors (Lipinski definition) is 1. The zero-order valence-corrected chi connectivity index (χ0v) is 20.5. The second-order valence-corrected chi connectivity index (χ2v) is 9.86. The van der Waals surface area contributed by atoms with E-state index in [4.69, 9.17) is 14.9 Å². The minimum atomic E-state index is -1.80. The van der Waals surface area contributed by atoms with Gasteiger partial charge in [-0.3, -0.25) is 5.41 Å². The monoisotopic (exact) mass is 460 g/mol. The molecule has 2 aliphatic rings. The molecule has 0 spiro atoms. The van der Waals surface area contributed by atoms with Gasteiger partial charge in [-0.1, -0.05) is 95.0 Å². The van der Waals surface area contributed by atoms with E-state index in [1.807, 2.05) is 30.3 Å². The van der Waals surface area contributed by atoms with Gasteiger partial charge in [-0.2, -0.15) is 15.8 Å². The SMILES string of the molecule is CCCCCCCCCCCC1OC2(C)OC(=N)C(C#N)(C2Cc2ccccc2)C1(C#N)C#N. The van der Waals surface area contributed by atoms with Crippen LogP contribution in [0.1, 0.15) is 83.6 Å². The van der Waals surface area contributed by atoms with Crippen LogP contribution in [-0.4, -0.2) is 17.8 Å². The summed E-state index contributed by atoms with van der Waals surface area (Å²) in [6, 6.07) is 16.1. The molecule has 2 heterocycles. The molecule has 4 atom stereocenters. The van der Waals surface area contributed by atoms with Gasteiger partial charge in [0.2, 0.25) is 11.7 Å². The Bertz CT molecular complexity index is 959. The van der Waals surface area contributed by atoms with E-state index in [0.29, 0.717) is 12.8 Å². The average molecular weight is 461 g/mol. The van der Waals surface area contributed by atoms with Crippen LogP contribution in [-0.2, 0) is 15.9 Å². The second-order valence-electron chi connectivity index (χ2n) is 9.86. The number of rotatable bonds is 12. The Morgan fingerprint density at radius 1 is 0.882 bits per heavy atom. The van der Waals surface area contributed by atoms with E-state index in [9.17, 15) is 15.8 Å². The van der Waals surface area contributed by atoms with Gasteiger partial charge in [0.25, 0.3) is 0 Å². The van der Waals surface area contributed by atoms with Gasteiger partial charge in [-0.15, -0.1) is 0 Å². The Morgan fingerprint density at radius 3 is 2.03 bits per heavy atom. The Balaban J connectivity index is 1.76. The van der Waals surface area contributed by atoms with Crippen molar-refractivity contribution in [2.45, 2.75) is 96.4 Å². The highest BCUT2D eigenvalue weighted by Gasteiger charge is 2.78. The fourth-order valence-electron chi connectivity index (χ4n) is 5.76. The normalized spacial score (nSPS) is 29.0. The molecule has 0 aromatic heterocycles. The minimum absolute atomic E-state index is 0.323. The van der Waals surface area contributed by atoms with Gasteiger partial charge in [0.15, 0.2) is 10.8 Å². The zero-order valence-electron chi connectivity index (χ0n) is 20.5. The van der Waals surface area contributed by atoms with Crippen LogP contribution in [0.5, 0.6) is 0 Å². The van der Waals surface area contributed by atoms with Crippen LogP contribution in [0.2, 0.25) is 0 Å². The Kier molecular flexibility index (Phi) is 8.35. The second kappa shape index (κ2) is 11.0. The predicted octanol–water partition coefficient (Wildman–Crippen LogP) is 6.43. The molecular formula is C28H36N4O2. The maximum atomic E-state index is 10.4. The molecule has 1 aromatic rings. The van der Waals surface area contributed by atoms with Crippen molar-refractivity contribution in [2.75, 3.05) is 0 Å². The molecule has 0 aliphatic carbocycles. The zero-order chi connectivity index (χ0) is 24.7. The van der Waals surface area contributed by atoms with Crippen LogP contribution in [0.3, 0.4) is 0 Å². The Morgan fingerprint density at radius 2 is 1.47 bits per heavy atom. The van der Waals surface area contributed by atoms with Crippen LogP contribution >= 0.6 is 0 Å². The summed E-state index contributed by atoms with van der Waals surface area (Å²) < 4.78 is 12.2. The van der Waals surface area contributed by atoms with Gasteiger partial charge in [0.1, 0.15) is 0 Å². The lowest BCUT2D eigenvalue weighted by atomic mass is 9.53. The Labute approximate surface area is 204 Å². The first-order valence-electron chi connectivity index (χ1n) is 12.7. The van der Waals surface area contributed by atoms with Crippen LogP contribution in [0.25, 0.3) is 0 Å². The lowest BCUT2D eigenvalue weighted by Crippen LogP contribution is -2.62. The number of hydrogen-bond acceptors (Lipinski definition) is 6. The first-order valence-corrected chi connectivity index (χ1v) is 12.7. The molecule has 0 radical (unpaired) electrons. The molecule has 1 aromatic carbocycles. The average Bonchev–Trinajstić information content (AvgIpc) is 3.00. The molecule has 4 unspecified atom stereocenters.